The van der Waals surface area contributed by atoms with Crippen molar-refractivity contribution in [3.05, 3.63) is 22.2 Å². The molecule has 0 aliphatic carbocycles. The summed E-state index contributed by atoms with van der Waals surface area (Å²) in [7, 11) is 0. The Labute approximate surface area is 135 Å². The van der Waals surface area contributed by atoms with Crippen LogP contribution in [0, 0.1) is 6.92 Å². The molecule has 0 amide bonds. The van der Waals surface area contributed by atoms with Gasteiger partial charge in [-0.05, 0) is 19.8 Å². The van der Waals surface area contributed by atoms with Gasteiger partial charge in [0.25, 0.3) is 0 Å². The quantitative estimate of drug-likeness (QED) is 0.607. The average Bonchev–Trinajstić information content (AvgIpc) is 2.49. The molecule has 0 saturated carbocycles. The highest BCUT2D eigenvalue weighted by atomic mass is 16.1. The number of nitrogens with zero attached hydrogens (tertiary/aromatic N) is 2. The van der Waals surface area contributed by atoms with Crippen molar-refractivity contribution in [3.63, 3.8) is 0 Å². The summed E-state index contributed by atoms with van der Waals surface area (Å²) < 4.78 is 1.82. The molecule has 0 aliphatic heterocycles. The Morgan fingerprint density at radius 3 is 2.23 bits per heavy atom. The van der Waals surface area contributed by atoms with Crippen LogP contribution in [0.25, 0.3) is 0 Å². The molecule has 1 atom stereocenters. The van der Waals surface area contributed by atoms with Crippen molar-refractivity contribution in [2.75, 3.05) is 5.73 Å². The van der Waals surface area contributed by atoms with E-state index in [-0.39, 0.29) is 11.7 Å². The van der Waals surface area contributed by atoms with Crippen molar-refractivity contribution >= 4 is 5.82 Å². The summed E-state index contributed by atoms with van der Waals surface area (Å²) in [6.07, 6.45) is 13.9. The summed E-state index contributed by atoms with van der Waals surface area (Å²) in [5.74, 6) is 0.358. The number of aromatic nitrogens is 2. The Balaban J connectivity index is 2.72. The van der Waals surface area contributed by atoms with Gasteiger partial charge in [-0.3, -0.25) is 4.57 Å². The molecule has 1 aromatic heterocycles. The van der Waals surface area contributed by atoms with E-state index in [0.717, 1.165) is 18.4 Å². The van der Waals surface area contributed by atoms with Crippen LogP contribution in [0.5, 0.6) is 0 Å². The van der Waals surface area contributed by atoms with Gasteiger partial charge in [0.05, 0.1) is 0 Å². The van der Waals surface area contributed by atoms with Gasteiger partial charge in [-0.2, -0.15) is 4.98 Å². The molecule has 126 valence electrons. The second-order valence-electron chi connectivity index (χ2n) is 6.35. The number of anilines is 1. The monoisotopic (exact) mass is 307 g/mol. The van der Waals surface area contributed by atoms with Crippen LogP contribution in [0.3, 0.4) is 0 Å². The Hall–Kier alpha value is -1.32. The largest absolute Gasteiger partial charge is 0.383 e. The zero-order chi connectivity index (χ0) is 16.4. The van der Waals surface area contributed by atoms with Crippen LogP contribution in [0.2, 0.25) is 0 Å². The van der Waals surface area contributed by atoms with E-state index < -0.39 is 0 Å². The third-order valence-corrected chi connectivity index (χ3v) is 4.35. The number of aryl methyl sites for hydroxylation is 1. The highest BCUT2D eigenvalue weighted by Gasteiger charge is 2.14. The lowest BCUT2D eigenvalue weighted by Gasteiger charge is -2.20. The topological polar surface area (TPSA) is 60.9 Å². The van der Waals surface area contributed by atoms with Gasteiger partial charge >= 0.3 is 5.69 Å². The lowest BCUT2D eigenvalue weighted by atomic mass is 10.0. The normalized spacial score (nSPS) is 12.5. The number of nitrogen functional groups attached to an aromatic ring is 1. The number of hydrogen-bond donors (Lipinski definition) is 1. The first-order chi connectivity index (χ1) is 10.6. The molecule has 1 unspecified atom stereocenters. The zero-order valence-electron chi connectivity index (χ0n) is 14.6. The van der Waals surface area contributed by atoms with Gasteiger partial charge in [-0.1, -0.05) is 65.2 Å². The van der Waals surface area contributed by atoms with E-state index in [1.165, 1.54) is 51.4 Å². The smallest absolute Gasteiger partial charge is 0.349 e. The molecule has 1 rings (SSSR count). The van der Waals surface area contributed by atoms with Gasteiger partial charge in [-0.15, -0.1) is 0 Å². The molecule has 0 spiro atoms. The van der Waals surface area contributed by atoms with Crippen LogP contribution < -0.4 is 11.4 Å². The fourth-order valence-electron chi connectivity index (χ4n) is 2.88. The maximum absolute atomic E-state index is 12.2. The number of unbranched alkanes of at least 4 members (excludes halogenated alkanes) is 6. The lowest BCUT2D eigenvalue weighted by molar-refractivity contribution is 0.384. The van der Waals surface area contributed by atoms with Gasteiger partial charge in [0.2, 0.25) is 0 Å². The summed E-state index contributed by atoms with van der Waals surface area (Å²) in [6, 6.07) is 0.271. The zero-order valence-corrected chi connectivity index (χ0v) is 14.6. The summed E-state index contributed by atoms with van der Waals surface area (Å²) >= 11 is 0. The highest BCUT2D eigenvalue weighted by molar-refractivity contribution is 5.35. The van der Waals surface area contributed by atoms with Gasteiger partial charge in [0, 0.05) is 17.8 Å². The molecule has 4 nitrogen and oxygen atoms in total. The first kappa shape index (κ1) is 18.7. The number of hydrogen-bond acceptors (Lipinski definition) is 3. The standard InChI is InChI=1S/C18H33N3O/c1-4-6-8-9-11-13-16(12-10-7-5-2)21-14-15(3)17(19)20-18(21)22/h14,16H,4-13H2,1-3H3,(H2,19,20,22). The fourth-order valence-corrected chi connectivity index (χ4v) is 2.88. The number of nitrogens with two attached hydrogens (primary N) is 1. The van der Waals surface area contributed by atoms with Crippen LogP contribution in [-0.4, -0.2) is 9.55 Å². The summed E-state index contributed by atoms with van der Waals surface area (Å²) in [5.41, 5.74) is 6.44. The van der Waals surface area contributed by atoms with Gasteiger partial charge in [0.1, 0.15) is 5.82 Å². The Morgan fingerprint density at radius 2 is 1.59 bits per heavy atom. The third kappa shape index (κ3) is 6.20. The summed E-state index contributed by atoms with van der Waals surface area (Å²) in [4.78, 5) is 16.1. The van der Waals surface area contributed by atoms with E-state index in [9.17, 15) is 4.79 Å². The molecule has 0 aliphatic rings. The highest BCUT2D eigenvalue weighted by Crippen LogP contribution is 2.22. The van der Waals surface area contributed by atoms with Gasteiger partial charge < -0.3 is 5.73 Å². The van der Waals surface area contributed by atoms with E-state index >= 15 is 0 Å². The van der Waals surface area contributed by atoms with Gasteiger partial charge in [0.15, 0.2) is 0 Å². The Bertz CT molecular complexity index is 482. The molecular weight excluding hydrogens is 274 g/mol. The molecule has 1 aromatic rings. The maximum Gasteiger partial charge on any atom is 0.349 e. The maximum atomic E-state index is 12.2. The van der Waals surface area contributed by atoms with Crippen molar-refractivity contribution in [1.82, 2.24) is 9.55 Å². The van der Waals surface area contributed by atoms with Crippen molar-refractivity contribution in [1.29, 1.82) is 0 Å². The van der Waals surface area contributed by atoms with Crippen molar-refractivity contribution in [2.24, 2.45) is 0 Å². The van der Waals surface area contributed by atoms with E-state index in [0.29, 0.717) is 5.82 Å². The lowest BCUT2D eigenvalue weighted by Crippen LogP contribution is -2.28. The minimum atomic E-state index is -0.196. The van der Waals surface area contributed by atoms with Crippen LogP contribution in [0.4, 0.5) is 5.82 Å². The van der Waals surface area contributed by atoms with E-state index in [4.69, 9.17) is 5.73 Å². The predicted molar refractivity (Wildman–Crippen MR) is 94.2 cm³/mol. The molecule has 2 N–H and O–H groups in total. The molecule has 4 heteroatoms. The van der Waals surface area contributed by atoms with Crippen molar-refractivity contribution in [2.45, 2.75) is 91.0 Å². The molecule has 1 heterocycles. The summed E-state index contributed by atoms with van der Waals surface area (Å²) in [5, 5.41) is 0. The Morgan fingerprint density at radius 1 is 1.05 bits per heavy atom. The first-order valence-corrected chi connectivity index (χ1v) is 8.95. The summed E-state index contributed by atoms with van der Waals surface area (Å²) in [6.45, 7) is 6.36. The molecule has 0 saturated heterocycles. The molecule has 22 heavy (non-hydrogen) atoms. The van der Waals surface area contributed by atoms with Crippen molar-refractivity contribution < 1.29 is 0 Å². The molecule has 0 aromatic carbocycles. The van der Waals surface area contributed by atoms with E-state index in [1.807, 2.05) is 17.7 Å². The Kier molecular flexibility index (Phi) is 8.86. The minimum absolute atomic E-state index is 0.196. The second-order valence-corrected chi connectivity index (χ2v) is 6.35. The van der Waals surface area contributed by atoms with Crippen LogP contribution in [0.15, 0.2) is 11.0 Å². The molecular formula is C18H33N3O. The van der Waals surface area contributed by atoms with Crippen LogP contribution in [0.1, 0.15) is 89.7 Å². The average molecular weight is 307 g/mol. The van der Waals surface area contributed by atoms with E-state index in [2.05, 4.69) is 18.8 Å². The molecule has 0 fully saturated rings. The molecule has 0 radical (unpaired) electrons. The molecule has 0 bridgehead atoms. The fraction of sp³-hybridized carbons (Fsp3) is 0.778. The third-order valence-electron chi connectivity index (χ3n) is 4.35. The number of rotatable bonds is 11. The minimum Gasteiger partial charge on any atom is -0.383 e. The van der Waals surface area contributed by atoms with E-state index in [1.54, 1.807) is 0 Å². The van der Waals surface area contributed by atoms with Crippen LogP contribution in [-0.2, 0) is 0 Å². The van der Waals surface area contributed by atoms with Gasteiger partial charge in [-0.25, -0.2) is 4.79 Å². The first-order valence-electron chi connectivity index (χ1n) is 8.95. The second kappa shape index (κ2) is 10.4. The SMILES string of the molecule is CCCCCCCC(CCCCC)n1cc(C)c(N)nc1=O. The van der Waals surface area contributed by atoms with Crippen molar-refractivity contribution in [3.8, 4) is 0 Å². The van der Waals surface area contributed by atoms with Crippen LogP contribution >= 0.6 is 0 Å². The predicted octanol–water partition coefficient (Wildman–Crippen LogP) is 4.62.